The van der Waals surface area contributed by atoms with Crippen molar-refractivity contribution in [2.45, 2.75) is 6.17 Å². The van der Waals surface area contributed by atoms with Crippen LogP contribution in [-0.4, -0.2) is 53.9 Å². The highest BCUT2D eigenvalue weighted by atomic mass is 32.1. The lowest BCUT2D eigenvalue weighted by atomic mass is 10.3. The van der Waals surface area contributed by atoms with Gasteiger partial charge >= 0.3 is 6.03 Å². The third-order valence-corrected chi connectivity index (χ3v) is 4.31. The largest absolute Gasteiger partial charge is 0.395 e. The zero-order valence-electron chi connectivity index (χ0n) is 11.1. The maximum absolute atomic E-state index is 12.3. The van der Waals surface area contributed by atoms with Crippen LogP contribution >= 0.6 is 11.3 Å². The smallest absolute Gasteiger partial charge is 0.327 e. The number of nitrogens with zero attached hydrogens (tertiary/aromatic N) is 3. The number of fused-ring (bicyclic) bond motifs is 1. The summed E-state index contributed by atoms with van der Waals surface area (Å²) in [6.45, 7) is 1.07. The van der Waals surface area contributed by atoms with Gasteiger partial charge in [0.25, 0.3) is 0 Å². The molecule has 0 radical (unpaired) electrons. The number of carbonyl (C=O) groups is 1. The molecule has 1 atom stereocenters. The molecule has 1 unspecified atom stereocenters. The van der Waals surface area contributed by atoms with Crippen LogP contribution in [0.4, 0.5) is 9.93 Å². The van der Waals surface area contributed by atoms with Crippen molar-refractivity contribution >= 4 is 32.7 Å². The summed E-state index contributed by atoms with van der Waals surface area (Å²) in [4.78, 5) is 20.1. The van der Waals surface area contributed by atoms with Gasteiger partial charge < -0.3 is 10.0 Å². The molecule has 0 aliphatic carbocycles. The molecule has 7 heteroatoms. The number of hydrogen-bond acceptors (Lipinski definition) is 5. The van der Waals surface area contributed by atoms with Crippen LogP contribution in [0.1, 0.15) is 0 Å². The van der Waals surface area contributed by atoms with E-state index in [0.717, 1.165) is 10.2 Å². The molecule has 0 bridgehead atoms. The molecule has 1 saturated heterocycles. The molecule has 20 heavy (non-hydrogen) atoms. The van der Waals surface area contributed by atoms with Crippen LogP contribution in [0.5, 0.6) is 0 Å². The number of aliphatic hydroxyl groups is 1. The molecule has 1 aliphatic heterocycles. The lowest BCUT2D eigenvalue weighted by molar-refractivity contribution is 0.229. The highest BCUT2D eigenvalue weighted by Gasteiger charge is 2.37. The molecule has 106 valence electrons. The number of thiazole rings is 1. The monoisotopic (exact) mass is 292 g/mol. The molecule has 1 fully saturated rings. The van der Waals surface area contributed by atoms with Crippen LogP contribution < -0.4 is 10.2 Å². The van der Waals surface area contributed by atoms with E-state index >= 15 is 0 Å². The molecule has 2 heterocycles. The molecule has 1 aromatic carbocycles. The first-order valence-electron chi connectivity index (χ1n) is 6.45. The van der Waals surface area contributed by atoms with Crippen molar-refractivity contribution in [1.82, 2.24) is 15.2 Å². The molecule has 1 aromatic heterocycles. The Morgan fingerprint density at radius 3 is 3.05 bits per heavy atom. The number of urea groups is 1. The van der Waals surface area contributed by atoms with Gasteiger partial charge in [-0.25, -0.2) is 9.78 Å². The van der Waals surface area contributed by atoms with Crippen molar-refractivity contribution in [3.05, 3.63) is 24.3 Å². The Bertz CT molecular complexity index is 597. The highest BCUT2D eigenvalue weighted by Crippen LogP contribution is 2.31. The lowest BCUT2D eigenvalue weighted by Gasteiger charge is -2.20. The number of aromatic nitrogens is 1. The number of rotatable bonds is 4. The lowest BCUT2D eigenvalue weighted by Crippen LogP contribution is -2.45. The Hall–Kier alpha value is -1.70. The van der Waals surface area contributed by atoms with Gasteiger partial charge in [0.1, 0.15) is 6.17 Å². The molecule has 1 aliphatic rings. The second-order valence-electron chi connectivity index (χ2n) is 4.69. The molecular weight excluding hydrogens is 276 g/mol. The molecule has 6 nitrogen and oxygen atoms in total. The fourth-order valence-corrected chi connectivity index (χ4v) is 3.31. The van der Waals surface area contributed by atoms with Crippen LogP contribution in [0.15, 0.2) is 24.3 Å². The van der Waals surface area contributed by atoms with Crippen molar-refractivity contribution in [2.75, 3.05) is 31.6 Å². The molecule has 2 aromatic rings. The molecule has 0 saturated carbocycles. The van der Waals surface area contributed by atoms with E-state index in [1.54, 1.807) is 16.8 Å². The Morgan fingerprint density at radius 2 is 2.30 bits per heavy atom. The van der Waals surface area contributed by atoms with E-state index in [2.05, 4.69) is 10.3 Å². The van der Waals surface area contributed by atoms with E-state index in [0.29, 0.717) is 18.2 Å². The van der Waals surface area contributed by atoms with Gasteiger partial charge in [0.05, 0.1) is 23.4 Å². The summed E-state index contributed by atoms with van der Waals surface area (Å²) in [5.74, 6) is 0. The summed E-state index contributed by atoms with van der Waals surface area (Å²) in [6, 6.07) is 7.77. The molecule has 3 rings (SSSR count). The van der Waals surface area contributed by atoms with E-state index in [4.69, 9.17) is 5.11 Å². The number of carbonyl (C=O) groups excluding carboxylic acids is 1. The number of amides is 2. The predicted octanol–water partition coefficient (Wildman–Crippen LogP) is 1.08. The quantitative estimate of drug-likeness (QED) is 0.884. The Morgan fingerprint density at radius 1 is 1.50 bits per heavy atom. The first kappa shape index (κ1) is 13.3. The van der Waals surface area contributed by atoms with E-state index in [1.165, 1.54) is 11.3 Å². The zero-order valence-corrected chi connectivity index (χ0v) is 11.9. The standard InChI is InChI=1S/C13H16N4O2S/c1-16-8-11(14-6-7-18)17(13(16)19)12-15-9-4-2-3-5-10(9)20-12/h2-5,11,14,18H,6-8H2,1H3. The van der Waals surface area contributed by atoms with Crippen molar-refractivity contribution in [3.8, 4) is 0 Å². The number of nitrogens with one attached hydrogen (secondary N) is 1. The van der Waals surface area contributed by atoms with Crippen molar-refractivity contribution in [3.63, 3.8) is 0 Å². The summed E-state index contributed by atoms with van der Waals surface area (Å²) in [5.41, 5.74) is 0.899. The van der Waals surface area contributed by atoms with Crippen LogP contribution in [0.2, 0.25) is 0 Å². The predicted molar refractivity (Wildman–Crippen MR) is 79.0 cm³/mol. The van der Waals surface area contributed by atoms with Gasteiger partial charge in [-0.2, -0.15) is 0 Å². The number of anilines is 1. The number of aliphatic hydroxyl groups excluding tert-OH is 1. The molecule has 2 amide bonds. The molecule has 0 spiro atoms. The topological polar surface area (TPSA) is 68.7 Å². The van der Waals surface area contributed by atoms with Crippen LogP contribution in [0, 0.1) is 0 Å². The van der Waals surface area contributed by atoms with Gasteiger partial charge in [-0.05, 0) is 12.1 Å². The third kappa shape index (κ3) is 2.24. The number of benzene rings is 1. The summed E-state index contributed by atoms with van der Waals surface area (Å²) in [5, 5.41) is 12.8. The fraction of sp³-hybridized carbons (Fsp3) is 0.385. The molecular formula is C13H16N4O2S. The van der Waals surface area contributed by atoms with E-state index in [1.807, 2.05) is 24.3 Å². The summed E-state index contributed by atoms with van der Waals surface area (Å²) in [7, 11) is 1.77. The van der Waals surface area contributed by atoms with Gasteiger partial charge in [0.15, 0.2) is 5.13 Å². The zero-order chi connectivity index (χ0) is 14.1. The van der Waals surface area contributed by atoms with Gasteiger partial charge in [-0.1, -0.05) is 23.5 Å². The normalized spacial score (nSPS) is 19.3. The van der Waals surface area contributed by atoms with E-state index in [9.17, 15) is 4.79 Å². The Balaban J connectivity index is 1.94. The van der Waals surface area contributed by atoms with Crippen LogP contribution in [0.3, 0.4) is 0 Å². The summed E-state index contributed by atoms with van der Waals surface area (Å²) < 4.78 is 1.06. The Labute approximate surface area is 120 Å². The first-order valence-corrected chi connectivity index (χ1v) is 7.26. The van der Waals surface area contributed by atoms with E-state index in [-0.39, 0.29) is 18.8 Å². The van der Waals surface area contributed by atoms with Crippen LogP contribution in [0.25, 0.3) is 10.2 Å². The highest BCUT2D eigenvalue weighted by molar-refractivity contribution is 7.22. The average Bonchev–Trinajstić information content (AvgIpc) is 2.98. The van der Waals surface area contributed by atoms with Crippen molar-refractivity contribution in [1.29, 1.82) is 0 Å². The minimum Gasteiger partial charge on any atom is -0.395 e. The van der Waals surface area contributed by atoms with Crippen molar-refractivity contribution < 1.29 is 9.90 Å². The van der Waals surface area contributed by atoms with E-state index < -0.39 is 0 Å². The number of likely N-dealkylation sites (N-methyl/N-ethyl adjacent to an activating group) is 1. The summed E-state index contributed by atoms with van der Waals surface area (Å²) >= 11 is 1.50. The second-order valence-corrected chi connectivity index (χ2v) is 5.70. The number of hydrogen-bond donors (Lipinski definition) is 2. The first-order chi connectivity index (χ1) is 9.70. The minimum absolute atomic E-state index is 0.0437. The van der Waals surface area contributed by atoms with Gasteiger partial charge in [0.2, 0.25) is 0 Å². The van der Waals surface area contributed by atoms with Gasteiger partial charge in [-0.15, -0.1) is 0 Å². The Kier molecular flexibility index (Phi) is 3.56. The SMILES string of the molecule is CN1CC(NCCO)N(c2nc3ccccc3s2)C1=O. The van der Waals surface area contributed by atoms with Crippen molar-refractivity contribution in [2.24, 2.45) is 0 Å². The second kappa shape index (κ2) is 5.35. The fourth-order valence-electron chi connectivity index (χ4n) is 2.30. The maximum Gasteiger partial charge on any atom is 0.327 e. The minimum atomic E-state index is -0.153. The third-order valence-electron chi connectivity index (χ3n) is 3.27. The average molecular weight is 292 g/mol. The van der Waals surface area contributed by atoms with Crippen LogP contribution in [-0.2, 0) is 0 Å². The maximum atomic E-state index is 12.3. The van der Waals surface area contributed by atoms with Gasteiger partial charge in [-0.3, -0.25) is 10.2 Å². The molecule has 2 N–H and O–H groups in total. The summed E-state index contributed by atoms with van der Waals surface area (Å²) in [6.07, 6.45) is -0.153. The van der Waals surface area contributed by atoms with Gasteiger partial charge in [0, 0.05) is 13.6 Å². The number of para-hydroxylation sites is 1.